The summed E-state index contributed by atoms with van der Waals surface area (Å²) >= 11 is 6.09. The molecule has 1 amide bonds. The fourth-order valence-electron chi connectivity index (χ4n) is 3.25. The van der Waals surface area contributed by atoms with Crippen LogP contribution in [-0.2, 0) is 10.2 Å². The first kappa shape index (κ1) is 17.6. The first-order valence-electron chi connectivity index (χ1n) is 8.53. The maximum absolute atomic E-state index is 12.2. The number of ether oxygens (including phenoxy) is 1. The largest absolute Gasteiger partial charge is 0.495 e. The van der Waals surface area contributed by atoms with Crippen LogP contribution in [0.25, 0.3) is 0 Å². The molecule has 3 rings (SSSR count). The van der Waals surface area contributed by atoms with E-state index < -0.39 is 0 Å². The van der Waals surface area contributed by atoms with Crippen LogP contribution in [0, 0.1) is 0 Å². The van der Waals surface area contributed by atoms with Crippen molar-refractivity contribution in [1.82, 2.24) is 5.32 Å². The molecule has 1 fully saturated rings. The van der Waals surface area contributed by atoms with E-state index in [-0.39, 0.29) is 17.9 Å². The number of rotatable bonds is 7. The lowest BCUT2D eigenvalue weighted by atomic mass is 9.64. The van der Waals surface area contributed by atoms with E-state index in [1.807, 2.05) is 12.1 Å². The highest BCUT2D eigenvalue weighted by atomic mass is 35.5. The Morgan fingerprint density at radius 3 is 2.56 bits per heavy atom. The lowest BCUT2D eigenvalue weighted by Gasteiger charge is -2.42. The minimum Gasteiger partial charge on any atom is -0.495 e. The van der Waals surface area contributed by atoms with Crippen molar-refractivity contribution in [2.75, 3.05) is 25.5 Å². The molecule has 0 spiro atoms. The Morgan fingerprint density at radius 2 is 1.96 bits per heavy atom. The molecule has 2 aromatic carbocycles. The van der Waals surface area contributed by atoms with E-state index in [4.69, 9.17) is 16.3 Å². The topological polar surface area (TPSA) is 50.4 Å². The zero-order valence-corrected chi connectivity index (χ0v) is 15.1. The summed E-state index contributed by atoms with van der Waals surface area (Å²) in [5, 5.41) is 6.69. The molecule has 0 aromatic heterocycles. The molecule has 2 N–H and O–H groups in total. The SMILES string of the molecule is COc1ccc(NCC(=O)NCC2(c3ccccc3)CCC2)cc1Cl. The van der Waals surface area contributed by atoms with Crippen molar-refractivity contribution in [3.8, 4) is 5.75 Å². The van der Waals surface area contributed by atoms with E-state index in [1.54, 1.807) is 19.2 Å². The molecule has 0 aliphatic heterocycles. The summed E-state index contributed by atoms with van der Waals surface area (Å²) in [7, 11) is 1.57. The second kappa shape index (κ2) is 7.79. The van der Waals surface area contributed by atoms with E-state index in [0.29, 0.717) is 17.3 Å². The van der Waals surface area contributed by atoms with E-state index in [9.17, 15) is 4.79 Å². The quantitative estimate of drug-likeness (QED) is 0.786. The minimum absolute atomic E-state index is 0.0193. The molecule has 1 aliphatic carbocycles. The number of nitrogens with one attached hydrogen (secondary N) is 2. The van der Waals surface area contributed by atoms with Crippen LogP contribution in [0.3, 0.4) is 0 Å². The molecule has 5 heteroatoms. The highest BCUT2D eigenvalue weighted by molar-refractivity contribution is 6.32. The fourth-order valence-corrected chi connectivity index (χ4v) is 3.51. The van der Waals surface area contributed by atoms with Crippen LogP contribution < -0.4 is 15.4 Å². The van der Waals surface area contributed by atoms with Crippen molar-refractivity contribution in [3.63, 3.8) is 0 Å². The van der Waals surface area contributed by atoms with Crippen molar-refractivity contribution in [1.29, 1.82) is 0 Å². The van der Waals surface area contributed by atoms with Gasteiger partial charge < -0.3 is 15.4 Å². The van der Waals surface area contributed by atoms with E-state index >= 15 is 0 Å². The molecule has 4 nitrogen and oxygen atoms in total. The van der Waals surface area contributed by atoms with Gasteiger partial charge >= 0.3 is 0 Å². The molecule has 132 valence electrons. The standard InChI is InChI=1S/C20H23ClN2O2/c1-25-18-9-8-16(12-17(18)21)22-13-19(24)23-14-20(10-5-11-20)15-6-3-2-4-7-15/h2-4,6-9,12,22H,5,10-11,13-14H2,1H3,(H,23,24). The van der Waals surface area contributed by atoms with Gasteiger partial charge in [0.25, 0.3) is 0 Å². The molecular formula is C20H23ClN2O2. The predicted octanol–water partition coefficient (Wildman–Crippen LogP) is 4.00. The van der Waals surface area contributed by atoms with Gasteiger partial charge in [-0.25, -0.2) is 0 Å². The molecule has 1 aliphatic rings. The Hall–Kier alpha value is -2.20. The lowest BCUT2D eigenvalue weighted by Crippen LogP contribution is -2.46. The van der Waals surface area contributed by atoms with Crippen LogP contribution in [-0.4, -0.2) is 26.1 Å². The first-order valence-corrected chi connectivity index (χ1v) is 8.90. The summed E-state index contributed by atoms with van der Waals surface area (Å²) in [4.78, 5) is 12.2. The second-order valence-electron chi connectivity index (χ2n) is 6.48. The Balaban J connectivity index is 1.52. The maximum Gasteiger partial charge on any atom is 0.239 e. The van der Waals surface area contributed by atoms with Gasteiger partial charge in [0.15, 0.2) is 0 Å². The first-order chi connectivity index (χ1) is 12.1. The number of carbonyl (C=O) groups is 1. The smallest absolute Gasteiger partial charge is 0.239 e. The third-order valence-electron chi connectivity index (χ3n) is 4.93. The molecule has 0 bridgehead atoms. The number of hydrogen-bond acceptors (Lipinski definition) is 3. The summed E-state index contributed by atoms with van der Waals surface area (Å²) in [5.74, 6) is 0.598. The van der Waals surface area contributed by atoms with Crippen LogP contribution in [0.15, 0.2) is 48.5 Å². The van der Waals surface area contributed by atoms with Gasteiger partial charge in [0.05, 0.1) is 18.7 Å². The van der Waals surface area contributed by atoms with Gasteiger partial charge in [-0.15, -0.1) is 0 Å². The number of halogens is 1. The summed E-state index contributed by atoms with van der Waals surface area (Å²) < 4.78 is 5.12. The number of anilines is 1. The zero-order valence-electron chi connectivity index (χ0n) is 14.3. The number of methoxy groups -OCH3 is 1. The van der Waals surface area contributed by atoms with Gasteiger partial charge in [-0.3, -0.25) is 4.79 Å². The Kier molecular flexibility index (Phi) is 5.49. The Labute approximate surface area is 153 Å². The third-order valence-corrected chi connectivity index (χ3v) is 5.22. The number of amides is 1. The second-order valence-corrected chi connectivity index (χ2v) is 6.89. The molecule has 25 heavy (non-hydrogen) atoms. The Morgan fingerprint density at radius 1 is 1.20 bits per heavy atom. The molecule has 2 aromatic rings. The molecule has 0 saturated heterocycles. The van der Waals surface area contributed by atoms with Gasteiger partial charge in [-0.2, -0.15) is 0 Å². The van der Waals surface area contributed by atoms with Crippen LogP contribution in [0.1, 0.15) is 24.8 Å². The molecule has 0 radical (unpaired) electrons. The van der Waals surface area contributed by atoms with Gasteiger partial charge in [0, 0.05) is 17.6 Å². The van der Waals surface area contributed by atoms with Crippen LogP contribution in [0.5, 0.6) is 5.75 Å². The predicted molar refractivity (Wildman–Crippen MR) is 101 cm³/mol. The van der Waals surface area contributed by atoms with E-state index in [0.717, 1.165) is 18.5 Å². The minimum atomic E-state index is -0.0193. The summed E-state index contributed by atoms with van der Waals surface area (Å²) in [6.45, 7) is 0.897. The normalized spacial score (nSPS) is 15.1. The van der Waals surface area contributed by atoms with Gasteiger partial charge in [0.1, 0.15) is 5.75 Å². The van der Waals surface area contributed by atoms with Crippen molar-refractivity contribution < 1.29 is 9.53 Å². The monoisotopic (exact) mass is 358 g/mol. The highest BCUT2D eigenvalue weighted by Gasteiger charge is 2.38. The maximum atomic E-state index is 12.2. The molecule has 1 saturated carbocycles. The van der Waals surface area contributed by atoms with Gasteiger partial charge in [-0.1, -0.05) is 48.4 Å². The van der Waals surface area contributed by atoms with Crippen LogP contribution in [0.2, 0.25) is 5.02 Å². The zero-order chi connectivity index (χ0) is 17.7. The number of hydrogen-bond donors (Lipinski definition) is 2. The van der Waals surface area contributed by atoms with Crippen LogP contribution >= 0.6 is 11.6 Å². The average molecular weight is 359 g/mol. The molecule has 0 atom stereocenters. The molecule has 0 heterocycles. The summed E-state index contributed by atoms with van der Waals surface area (Å²) in [5.41, 5.74) is 2.21. The van der Waals surface area contributed by atoms with Gasteiger partial charge in [0.2, 0.25) is 5.91 Å². The van der Waals surface area contributed by atoms with Crippen molar-refractivity contribution in [3.05, 3.63) is 59.1 Å². The van der Waals surface area contributed by atoms with E-state index in [2.05, 4.69) is 34.9 Å². The summed E-state index contributed by atoms with van der Waals surface area (Å²) in [6, 6.07) is 15.8. The van der Waals surface area contributed by atoms with Crippen molar-refractivity contribution in [2.45, 2.75) is 24.7 Å². The third kappa shape index (κ3) is 4.07. The van der Waals surface area contributed by atoms with Crippen molar-refractivity contribution in [2.24, 2.45) is 0 Å². The van der Waals surface area contributed by atoms with Gasteiger partial charge in [-0.05, 0) is 36.6 Å². The van der Waals surface area contributed by atoms with E-state index in [1.165, 1.54) is 12.0 Å². The van der Waals surface area contributed by atoms with Crippen LogP contribution in [0.4, 0.5) is 5.69 Å². The Bertz CT molecular complexity index is 730. The number of carbonyl (C=O) groups excluding carboxylic acids is 1. The molecular weight excluding hydrogens is 336 g/mol. The molecule has 0 unspecified atom stereocenters. The number of benzene rings is 2. The highest BCUT2D eigenvalue weighted by Crippen LogP contribution is 2.43. The fraction of sp³-hybridized carbons (Fsp3) is 0.350. The summed E-state index contributed by atoms with van der Waals surface area (Å²) in [6.07, 6.45) is 3.46. The van der Waals surface area contributed by atoms with Crippen molar-refractivity contribution >= 4 is 23.2 Å². The average Bonchev–Trinajstić information content (AvgIpc) is 2.60. The lowest BCUT2D eigenvalue weighted by molar-refractivity contribution is -0.119.